The molecule has 0 radical (unpaired) electrons. The second-order valence-electron chi connectivity index (χ2n) is 3.19. The van der Waals surface area contributed by atoms with Crippen molar-refractivity contribution in [2.24, 2.45) is 0 Å². The van der Waals surface area contributed by atoms with Gasteiger partial charge in [-0.3, -0.25) is 13.6 Å². The Kier molecular flexibility index (Phi) is 3.99. The molecule has 0 fully saturated rings. The molecule has 0 saturated carbocycles. The van der Waals surface area contributed by atoms with E-state index in [1.807, 2.05) is 49.1 Å². The minimum atomic E-state index is -2.43. The molecule has 0 spiro atoms. The van der Waals surface area contributed by atoms with Crippen LogP contribution >= 0.6 is 8.25 Å². The van der Waals surface area contributed by atoms with Gasteiger partial charge >= 0.3 is 8.25 Å². The summed E-state index contributed by atoms with van der Waals surface area (Å²) in [7, 11) is -2.43. The zero-order valence-electron chi connectivity index (χ0n) is 8.65. The van der Waals surface area contributed by atoms with Gasteiger partial charge in [-0.2, -0.15) is 0 Å². The first-order valence-electron chi connectivity index (χ1n) is 4.85. The maximum Gasteiger partial charge on any atom is 0.322 e. The van der Waals surface area contributed by atoms with Crippen molar-refractivity contribution in [1.82, 2.24) is 9.13 Å². The molecule has 86 valence electrons. The third-order valence-corrected chi connectivity index (χ3v) is 2.72. The van der Waals surface area contributed by atoms with E-state index >= 15 is 0 Å². The van der Waals surface area contributed by atoms with Crippen LogP contribution in [0.2, 0.25) is 0 Å². The maximum absolute atomic E-state index is 11.3. The van der Waals surface area contributed by atoms with Gasteiger partial charge in [-0.25, -0.2) is 0 Å². The van der Waals surface area contributed by atoms with Gasteiger partial charge in [-0.15, -0.1) is 0 Å². The normalized spacial score (nSPS) is 11.1. The third-order valence-electron chi connectivity index (χ3n) is 2.00. The molecule has 0 unspecified atom stereocenters. The molecule has 2 heterocycles. The van der Waals surface area contributed by atoms with Crippen molar-refractivity contribution in [3.63, 3.8) is 0 Å². The summed E-state index contributed by atoms with van der Waals surface area (Å²) in [6, 6.07) is 7.50. The van der Waals surface area contributed by atoms with Gasteiger partial charge in [-0.1, -0.05) is 0 Å². The molecule has 6 heteroatoms. The Hall–Kier alpha value is -1.29. The third kappa shape index (κ3) is 3.38. The molecule has 0 atom stereocenters. The Labute approximate surface area is 94.2 Å². The fourth-order valence-corrected chi connectivity index (χ4v) is 1.80. The van der Waals surface area contributed by atoms with Crippen molar-refractivity contribution >= 4 is 8.25 Å². The number of aromatic nitrogens is 2. The second-order valence-corrected chi connectivity index (χ2v) is 4.27. The molecule has 0 aliphatic rings. The van der Waals surface area contributed by atoms with Gasteiger partial charge in [0.2, 0.25) is 0 Å². The van der Waals surface area contributed by atoms with E-state index in [0.717, 1.165) is 0 Å². The van der Waals surface area contributed by atoms with Crippen LogP contribution in [0, 0.1) is 0 Å². The topological polar surface area (TPSA) is 45.4 Å². The summed E-state index contributed by atoms with van der Waals surface area (Å²) in [6.45, 7) is 0.493. The molecule has 0 aliphatic heterocycles. The summed E-state index contributed by atoms with van der Waals surface area (Å²) in [5.41, 5.74) is 0. The van der Waals surface area contributed by atoms with Crippen LogP contribution in [0.25, 0.3) is 0 Å². The molecule has 0 saturated heterocycles. The first-order valence-corrected chi connectivity index (χ1v) is 6.08. The highest BCUT2D eigenvalue weighted by molar-refractivity contribution is 7.33. The van der Waals surface area contributed by atoms with Crippen molar-refractivity contribution in [3.05, 3.63) is 49.1 Å². The lowest BCUT2D eigenvalue weighted by Gasteiger charge is -2.06. The lowest BCUT2D eigenvalue weighted by atomic mass is 10.7. The summed E-state index contributed by atoms with van der Waals surface area (Å²) >= 11 is 0. The van der Waals surface area contributed by atoms with Crippen molar-refractivity contribution in [3.8, 4) is 0 Å². The summed E-state index contributed by atoms with van der Waals surface area (Å²) < 4.78 is 25.0. The van der Waals surface area contributed by atoms with Gasteiger partial charge in [0.05, 0.1) is 0 Å². The summed E-state index contributed by atoms with van der Waals surface area (Å²) in [6.07, 6.45) is 7.34. The molecule has 2 aromatic rings. The second kappa shape index (κ2) is 5.70. The van der Waals surface area contributed by atoms with E-state index in [1.165, 1.54) is 0 Å². The highest BCUT2D eigenvalue weighted by Crippen LogP contribution is 2.24. The smallest absolute Gasteiger partial charge is 0.322 e. The summed E-state index contributed by atoms with van der Waals surface area (Å²) in [5.74, 6) is 0. The molecule has 0 aliphatic carbocycles. The molecule has 0 aromatic carbocycles. The van der Waals surface area contributed by atoms with E-state index in [0.29, 0.717) is 0 Å². The number of hydrogen-bond acceptors (Lipinski definition) is 3. The molecular formula is C10H13N2O3P. The number of hydrogen-bond donors (Lipinski definition) is 0. The van der Waals surface area contributed by atoms with Crippen molar-refractivity contribution in [2.75, 3.05) is 0 Å². The zero-order chi connectivity index (χ0) is 11.2. The molecule has 2 rings (SSSR count). The summed E-state index contributed by atoms with van der Waals surface area (Å²) in [4.78, 5) is 0. The molecule has 2 aromatic heterocycles. The predicted molar refractivity (Wildman–Crippen MR) is 60.0 cm³/mol. The van der Waals surface area contributed by atoms with Crippen LogP contribution in [-0.2, 0) is 27.1 Å². The highest BCUT2D eigenvalue weighted by atomic mass is 31.1. The molecule has 0 amide bonds. The molecule has 0 N–H and O–H groups in total. The Morgan fingerprint density at radius 3 is 1.56 bits per heavy atom. The van der Waals surface area contributed by atoms with Crippen LogP contribution < -0.4 is 0 Å². The SMILES string of the molecule is O=[PH](OCn1cccc1)OCn1cccc1. The molecule has 0 bridgehead atoms. The Morgan fingerprint density at radius 1 is 0.812 bits per heavy atom. The van der Waals surface area contributed by atoms with Crippen LogP contribution in [0.4, 0.5) is 0 Å². The van der Waals surface area contributed by atoms with Crippen LogP contribution in [0.15, 0.2) is 49.1 Å². The Morgan fingerprint density at radius 2 is 1.19 bits per heavy atom. The van der Waals surface area contributed by atoms with E-state index in [1.54, 1.807) is 9.13 Å². The van der Waals surface area contributed by atoms with Gasteiger partial charge < -0.3 is 9.13 Å². The van der Waals surface area contributed by atoms with Crippen LogP contribution in [0.3, 0.4) is 0 Å². The number of nitrogens with zero attached hydrogens (tertiary/aromatic N) is 2. The summed E-state index contributed by atoms with van der Waals surface area (Å²) in [5, 5.41) is 0. The van der Waals surface area contributed by atoms with E-state index in [9.17, 15) is 4.57 Å². The largest absolute Gasteiger partial charge is 0.330 e. The fraction of sp³-hybridized carbons (Fsp3) is 0.200. The highest BCUT2D eigenvalue weighted by Gasteiger charge is 1.99. The Balaban J connectivity index is 1.69. The average Bonchev–Trinajstić information content (AvgIpc) is 2.96. The van der Waals surface area contributed by atoms with E-state index in [4.69, 9.17) is 9.05 Å². The van der Waals surface area contributed by atoms with E-state index in [2.05, 4.69) is 0 Å². The lowest BCUT2D eigenvalue weighted by molar-refractivity contribution is 0.157. The van der Waals surface area contributed by atoms with Crippen LogP contribution in [-0.4, -0.2) is 9.13 Å². The molecule has 16 heavy (non-hydrogen) atoms. The average molecular weight is 240 g/mol. The van der Waals surface area contributed by atoms with Crippen molar-refractivity contribution < 1.29 is 13.6 Å². The fourth-order valence-electron chi connectivity index (χ4n) is 1.21. The first-order chi connectivity index (χ1) is 7.84. The van der Waals surface area contributed by atoms with Gasteiger partial charge in [0.15, 0.2) is 0 Å². The minimum Gasteiger partial charge on any atom is -0.330 e. The van der Waals surface area contributed by atoms with Gasteiger partial charge in [0, 0.05) is 24.8 Å². The zero-order valence-corrected chi connectivity index (χ0v) is 9.65. The lowest BCUT2D eigenvalue weighted by Crippen LogP contribution is -1.98. The monoisotopic (exact) mass is 240 g/mol. The number of rotatable bonds is 6. The van der Waals surface area contributed by atoms with E-state index < -0.39 is 8.25 Å². The van der Waals surface area contributed by atoms with Crippen LogP contribution in [0.5, 0.6) is 0 Å². The minimum absolute atomic E-state index is 0.247. The van der Waals surface area contributed by atoms with Gasteiger partial charge in [0.25, 0.3) is 0 Å². The standard InChI is InChI=1S/C10H13N2O3P/c13-16(14-9-11-5-1-2-6-11)15-10-12-7-3-4-8-12/h1-8,16H,9-10H2. The van der Waals surface area contributed by atoms with E-state index in [-0.39, 0.29) is 13.5 Å². The quantitative estimate of drug-likeness (QED) is 0.728. The van der Waals surface area contributed by atoms with Crippen molar-refractivity contribution in [1.29, 1.82) is 0 Å². The predicted octanol–water partition coefficient (Wildman–Crippen LogP) is 2.33. The Bertz CT molecular complexity index is 385. The molecule has 5 nitrogen and oxygen atoms in total. The maximum atomic E-state index is 11.3. The molecular weight excluding hydrogens is 227 g/mol. The van der Waals surface area contributed by atoms with Crippen LogP contribution in [0.1, 0.15) is 0 Å². The van der Waals surface area contributed by atoms with Crippen molar-refractivity contribution in [2.45, 2.75) is 13.5 Å². The van der Waals surface area contributed by atoms with Gasteiger partial charge in [0.1, 0.15) is 13.5 Å². The first kappa shape index (κ1) is 11.2. The van der Waals surface area contributed by atoms with Gasteiger partial charge in [-0.05, 0) is 24.3 Å².